The van der Waals surface area contributed by atoms with Gasteiger partial charge in [0.2, 0.25) is 0 Å². The predicted molar refractivity (Wildman–Crippen MR) is 119 cm³/mol. The van der Waals surface area contributed by atoms with Gasteiger partial charge in [-0.3, -0.25) is 4.99 Å². The Labute approximate surface area is 176 Å². The molecular formula is C23H39N3O3. The van der Waals surface area contributed by atoms with Gasteiger partial charge in [0.1, 0.15) is 5.75 Å². The monoisotopic (exact) mass is 405 g/mol. The fraction of sp³-hybridized carbons (Fsp3) is 0.696. The van der Waals surface area contributed by atoms with Crippen molar-refractivity contribution in [2.45, 2.75) is 52.1 Å². The summed E-state index contributed by atoms with van der Waals surface area (Å²) in [6.07, 6.45) is 7.28. The van der Waals surface area contributed by atoms with Crippen LogP contribution in [0.15, 0.2) is 29.3 Å². The van der Waals surface area contributed by atoms with Gasteiger partial charge in [0.15, 0.2) is 5.96 Å². The molecular weight excluding hydrogens is 366 g/mol. The van der Waals surface area contributed by atoms with Gasteiger partial charge in [-0.2, -0.15) is 0 Å². The number of nitrogens with one attached hydrogen (secondary N) is 2. The Morgan fingerprint density at radius 1 is 1.07 bits per heavy atom. The molecule has 0 atom stereocenters. The highest BCUT2D eigenvalue weighted by Gasteiger charge is 2.33. The van der Waals surface area contributed by atoms with Gasteiger partial charge < -0.3 is 24.8 Å². The minimum atomic E-state index is 0.355. The zero-order chi connectivity index (χ0) is 20.8. The van der Waals surface area contributed by atoms with Crippen LogP contribution >= 0.6 is 0 Å². The molecule has 0 heterocycles. The van der Waals surface area contributed by atoms with Crippen molar-refractivity contribution >= 4 is 5.96 Å². The molecule has 0 bridgehead atoms. The van der Waals surface area contributed by atoms with E-state index in [4.69, 9.17) is 14.2 Å². The van der Waals surface area contributed by atoms with Gasteiger partial charge in [0, 0.05) is 40.0 Å². The van der Waals surface area contributed by atoms with Gasteiger partial charge in [-0.15, -0.1) is 0 Å². The third-order valence-corrected chi connectivity index (χ3v) is 5.69. The summed E-state index contributed by atoms with van der Waals surface area (Å²) in [5.41, 5.74) is 1.51. The van der Waals surface area contributed by atoms with E-state index in [0.29, 0.717) is 18.6 Å². The molecule has 0 unspecified atom stereocenters. The van der Waals surface area contributed by atoms with Gasteiger partial charge in [0.25, 0.3) is 0 Å². The van der Waals surface area contributed by atoms with Crippen LogP contribution in [0, 0.1) is 5.41 Å². The number of hydrogen-bond acceptors (Lipinski definition) is 4. The molecule has 1 saturated carbocycles. The van der Waals surface area contributed by atoms with Crippen molar-refractivity contribution in [2.75, 3.05) is 47.1 Å². The van der Waals surface area contributed by atoms with Crippen molar-refractivity contribution in [3.8, 4) is 5.75 Å². The predicted octanol–water partition coefficient (Wildman–Crippen LogP) is 3.75. The molecule has 0 spiro atoms. The Kier molecular flexibility index (Phi) is 10.9. The molecule has 0 saturated heterocycles. The summed E-state index contributed by atoms with van der Waals surface area (Å²) in [6, 6.07) is 7.99. The van der Waals surface area contributed by atoms with E-state index < -0.39 is 0 Å². The van der Waals surface area contributed by atoms with Crippen LogP contribution < -0.4 is 15.4 Å². The Morgan fingerprint density at radius 2 is 1.83 bits per heavy atom. The van der Waals surface area contributed by atoms with Gasteiger partial charge in [-0.1, -0.05) is 25.0 Å². The lowest BCUT2D eigenvalue weighted by Crippen LogP contribution is -2.43. The number of ether oxygens (including phenoxy) is 3. The molecule has 29 heavy (non-hydrogen) atoms. The topological polar surface area (TPSA) is 64.1 Å². The molecule has 0 radical (unpaired) electrons. The fourth-order valence-electron chi connectivity index (χ4n) is 3.86. The molecule has 1 aliphatic rings. The van der Waals surface area contributed by atoms with Crippen LogP contribution in [0.3, 0.4) is 0 Å². The fourth-order valence-corrected chi connectivity index (χ4v) is 3.86. The molecule has 1 aromatic carbocycles. The van der Waals surface area contributed by atoms with Crippen molar-refractivity contribution in [3.05, 3.63) is 29.8 Å². The average Bonchev–Trinajstić information content (AvgIpc) is 3.22. The zero-order valence-electron chi connectivity index (χ0n) is 18.5. The van der Waals surface area contributed by atoms with Crippen molar-refractivity contribution in [1.29, 1.82) is 0 Å². The first kappa shape index (κ1) is 23.5. The van der Waals surface area contributed by atoms with E-state index in [1.165, 1.54) is 25.7 Å². The Bertz CT molecular complexity index is 584. The number of benzene rings is 1. The maximum Gasteiger partial charge on any atom is 0.190 e. The molecule has 1 aromatic rings. The average molecular weight is 406 g/mol. The first-order valence-electron chi connectivity index (χ1n) is 10.9. The number of hydrogen-bond donors (Lipinski definition) is 2. The van der Waals surface area contributed by atoms with Crippen molar-refractivity contribution in [3.63, 3.8) is 0 Å². The van der Waals surface area contributed by atoms with E-state index in [2.05, 4.69) is 22.5 Å². The summed E-state index contributed by atoms with van der Waals surface area (Å²) in [6.45, 7) is 6.87. The van der Waals surface area contributed by atoms with Crippen molar-refractivity contribution in [2.24, 2.45) is 10.4 Å². The zero-order valence-corrected chi connectivity index (χ0v) is 18.5. The van der Waals surface area contributed by atoms with Crippen LogP contribution in [-0.2, 0) is 16.1 Å². The molecule has 0 amide bonds. The second-order valence-corrected chi connectivity index (χ2v) is 7.76. The second kappa shape index (κ2) is 13.4. The van der Waals surface area contributed by atoms with Gasteiger partial charge in [0.05, 0.1) is 13.7 Å². The first-order valence-corrected chi connectivity index (χ1v) is 10.9. The highest BCUT2D eigenvalue weighted by molar-refractivity contribution is 5.79. The Hall–Kier alpha value is -1.79. The summed E-state index contributed by atoms with van der Waals surface area (Å²) in [4.78, 5) is 4.37. The van der Waals surface area contributed by atoms with Crippen LogP contribution in [0.1, 0.15) is 51.0 Å². The van der Waals surface area contributed by atoms with Crippen molar-refractivity contribution < 1.29 is 14.2 Å². The second-order valence-electron chi connectivity index (χ2n) is 7.76. The van der Waals surface area contributed by atoms with E-state index in [1.807, 2.05) is 31.3 Å². The minimum absolute atomic E-state index is 0.355. The van der Waals surface area contributed by atoms with Gasteiger partial charge in [-0.25, -0.2) is 0 Å². The molecule has 1 fully saturated rings. The van der Waals surface area contributed by atoms with E-state index >= 15 is 0 Å². The summed E-state index contributed by atoms with van der Waals surface area (Å²) in [5, 5.41) is 6.94. The largest absolute Gasteiger partial charge is 0.497 e. The quantitative estimate of drug-likeness (QED) is 0.297. The van der Waals surface area contributed by atoms with E-state index in [1.54, 1.807) is 7.11 Å². The van der Waals surface area contributed by atoms with Crippen LogP contribution in [0.4, 0.5) is 0 Å². The summed E-state index contributed by atoms with van der Waals surface area (Å²) in [5.74, 6) is 1.75. The number of aliphatic imine (C=N–C) groups is 1. The molecule has 6 nitrogen and oxygen atoms in total. The normalized spacial score (nSPS) is 16.0. The molecule has 0 aromatic heterocycles. The molecule has 2 N–H and O–H groups in total. The molecule has 164 valence electrons. The standard InChI is InChI=1S/C23H39N3O3/c1-4-28-17-14-23(12-5-6-13-23)19-26-22(24-2)25-15-7-16-29-18-20-8-10-21(27-3)11-9-20/h8-11H,4-7,12-19H2,1-3H3,(H2,24,25,26). The Balaban J connectivity index is 1.60. The third-order valence-electron chi connectivity index (χ3n) is 5.69. The number of nitrogens with zero attached hydrogens (tertiary/aromatic N) is 1. The smallest absolute Gasteiger partial charge is 0.190 e. The number of rotatable bonds is 13. The molecule has 0 aliphatic heterocycles. The maximum absolute atomic E-state index is 5.77. The maximum atomic E-state index is 5.77. The lowest BCUT2D eigenvalue weighted by Gasteiger charge is -2.30. The van der Waals surface area contributed by atoms with Crippen molar-refractivity contribution in [1.82, 2.24) is 10.6 Å². The highest BCUT2D eigenvalue weighted by Crippen LogP contribution is 2.40. The highest BCUT2D eigenvalue weighted by atomic mass is 16.5. The van der Waals surface area contributed by atoms with Crippen LogP contribution in [0.25, 0.3) is 0 Å². The molecule has 6 heteroatoms. The summed E-state index contributed by atoms with van der Waals surface area (Å²) in [7, 11) is 3.51. The molecule has 1 aliphatic carbocycles. The lowest BCUT2D eigenvalue weighted by atomic mass is 9.83. The first-order chi connectivity index (χ1) is 14.2. The van der Waals surface area contributed by atoms with Crippen LogP contribution in [0.2, 0.25) is 0 Å². The summed E-state index contributed by atoms with van der Waals surface area (Å²) >= 11 is 0. The third kappa shape index (κ3) is 8.62. The van der Waals surface area contributed by atoms with Crippen LogP contribution in [0.5, 0.6) is 5.75 Å². The number of guanidine groups is 1. The Morgan fingerprint density at radius 3 is 2.48 bits per heavy atom. The van der Waals surface area contributed by atoms with Gasteiger partial charge in [-0.05, 0) is 55.7 Å². The minimum Gasteiger partial charge on any atom is -0.497 e. The SMILES string of the molecule is CCOCCC1(CNC(=NC)NCCCOCc2ccc(OC)cc2)CCCC1. The van der Waals surface area contributed by atoms with E-state index in [9.17, 15) is 0 Å². The lowest BCUT2D eigenvalue weighted by molar-refractivity contribution is 0.105. The van der Waals surface area contributed by atoms with Crippen LogP contribution in [-0.4, -0.2) is 53.0 Å². The summed E-state index contributed by atoms with van der Waals surface area (Å²) < 4.78 is 16.5. The van der Waals surface area contributed by atoms with E-state index in [0.717, 1.165) is 56.4 Å². The number of methoxy groups -OCH3 is 1. The van der Waals surface area contributed by atoms with Gasteiger partial charge >= 0.3 is 0 Å². The molecule has 2 rings (SSSR count). The van der Waals surface area contributed by atoms with E-state index in [-0.39, 0.29) is 0 Å².